The average molecular weight is 339 g/mol. The molecule has 1 aliphatic heterocycles. The van der Waals surface area contributed by atoms with Crippen LogP contribution in [0.25, 0.3) is 0 Å². The lowest BCUT2D eigenvalue weighted by Crippen LogP contribution is -2.33. The predicted molar refractivity (Wildman–Crippen MR) is 84.7 cm³/mol. The van der Waals surface area contributed by atoms with E-state index in [9.17, 15) is 19.2 Å². The highest BCUT2D eigenvalue weighted by atomic mass is 16.6. The van der Waals surface area contributed by atoms with Crippen LogP contribution in [0.1, 0.15) is 52.7 Å². The van der Waals surface area contributed by atoms with Crippen molar-refractivity contribution in [3.8, 4) is 0 Å². The maximum absolute atomic E-state index is 11.9. The Kier molecular flexibility index (Phi) is 5.24. The molecule has 0 spiro atoms. The maximum Gasteiger partial charge on any atom is 0.330 e. The number of ketones is 1. The van der Waals surface area contributed by atoms with Gasteiger partial charge in [0.25, 0.3) is 5.56 Å². The van der Waals surface area contributed by atoms with E-state index in [1.807, 2.05) is 0 Å². The van der Waals surface area contributed by atoms with Crippen molar-refractivity contribution in [2.45, 2.75) is 64.9 Å². The van der Waals surface area contributed by atoms with Crippen LogP contribution in [0, 0.1) is 6.92 Å². The standard InChI is InChI=1S/C16H22N2O6/c1-4-11(19)5-6-14(20)24-12-7-13(23-10(12)3)18-8-9(2)15(21)17-16(18)22/h8,10,12-13H,4-7H2,1-3H3,(H,17,21,22)/t10-,12?,13-/m1/s1/i3D. The van der Waals surface area contributed by atoms with Crippen molar-refractivity contribution in [1.82, 2.24) is 9.55 Å². The largest absolute Gasteiger partial charge is 0.459 e. The summed E-state index contributed by atoms with van der Waals surface area (Å²) in [5, 5.41) is 0. The lowest BCUT2D eigenvalue weighted by molar-refractivity contribution is -0.152. The SMILES string of the molecule is [2H]C[C@H]1O[C@@H](n2cc(C)c(=O)[nH]c2=O)CC1OC(=O)CCC(=O)CC. The number of aryl methyl sites for hydroxylation is 1. The third-order valence-corrected chi connectivity index (χ3v) is 3.92. The third-order valence-electron chi connectivity index (χ3n) is 3.92. The molecule has 1 aromatic heterocycles. The van der Waals surface area contributed by atoms with Crippen molar-refractivity contribution in [3.63, 3.8) is 0 Å². The number of aromatic amines is 1. The maximum atomic E-state index is 11.9. The van der Waals surface area contributed by atoms with Crippen molar-refractivity contribution < 1.29 is 20.4 Å². The van der Waals surface area contributed by atoms with Crippen molar-refractivity contribution in [1.29, 1.82) is 0 Å². The number of hydrogen-bond acceptors (Lipinski definition) is 6. The van der Waals surface area contributed by atoms with Gasteiger partial charge in [-0.1, -0.05) is 6.92 Å². The van der Waals surface area contributed by atoms with E-state index in [1.54, 1.807) is 13.8 Å². The Morgan fingerprint density at radius 3 is 2.88 bits per heavy atom. The molecule has 0 aliphatic carbocycles. The quantitative estimate of drug-likeness (QED) is 0.769. The van der Waals surface area contributed by atoms with Crippen molar-refractivity contribution in [2.75, 3.05) is 0 Å². The van der Waals surface area contributed by atoms with E-state index in [2.05, 4.69) is 4.98 Å². The van der Waals surface area contributed by atoms with Crippen LogP contribution in [0.2, 0.25) is 0 Å². The Morgan fingerprint density at radius 2 is 2.21 bits per heavy atom. The first kappa shape index (κ1) is 16.6. The Balaban J connectivity index is 2.06. The van der Waals surface area contributed by atoms with E-state index in [-0.39, 0.29) is 31.9 Å². The zero-order chi connectivity index (χ0) is 18.6. The van der Waals surface area contributed by atoms with Gasteiger partial charge >= 0.3 is 11.7 Å². The summed E-state index contributed by atoms with van der Waals surface area (Å²) in [6.07, 6.45) is -0.0213. The molecule has 1 N–H and O–H groups in total. The molecule has 24 heavy (non-hydrogen) atoms. The van der Waals surface area contributed by atoms with Gasteiger partial charge in [0.05, 0.1) is 12.5 Å². The highest BCUT2D eigenvalue weighted by molar-refractivity contribution is 5.82. The molecule has 0 aromatic carbocycles. The van der Waals surface area contributed by atoms with E-state index in [0.717, 1.165) is 0 Å². The van der Waals surface area contributed by atoms with Crippen LogP contribution < -0.4 is 11.2 Å². The number of carbonyl (C=O) groups is 2. The summed E-state index contributed by atoms with van der Waals surface area (Å²) in [5.41, 5.74) is -0.742. The average Bonchev–Trinajstić information content (AvgIpc) is 2.98. The summed E-state index contributed by atoms with van der Waals surface area (Å²) in [5.74, 6) is -0.552. The van der Waals surface area contributed by atoms with Crippen LogP contribution in [-0.4, -0.2) is 33.5 Å². The van der Waals surface area contributed by atoms with Gasteiger partial charge in [-0.05, 0) is 13.8 Å². The first-order chi connectivity index (χ1) is 11.8. The van der Waals surface area contributed by atoms with Crippen molar-refractivity contribution in [3.05, 3.63) is 32.6 Å². The number of nitrogens with zero attached hydrogens (tertiary/aromatic N) is 1. The molecular formula is C16H22N2O6. The highest BCUT2D eigenvalue weighted by Crippen LogP contribution is 2.29. The zero-order valence-electron chi connectivity index (χ0n) is 14.7. The number of aromatic nitrogens is 2. The van der Waals surface area contributed by atoms with Gasteiger partial charge in [-0.3, -0.25) is 23.9 Å². The second-order valence-electron chi connectivity index (χ2n) is 5.76. The molecule has 1 fully saturated rings. The Morgan fingerprint density at radius 1 is 1.46 bits per heavy atom. The molecule has 8 heteroatoms. The first-order valence-electron chi connectivity index (χ1n) is 8.54. The van der Waals surface area contributed by atoms with Gasteiger partial charge in [-0.25, -0.2) is 4.79 Å². The lowest BCUT2D eigenvalue weighted by atomic mass is 10.1. The Hall–Kier alpha value is -2.22. The highest BCUT2D eigenvalue weighted by Gasteiger charge is 2.36. The number of nitrogens with one attached hydrogen (secondary N) is 1. The Bertz CT molecular complexity index is 756. The smallest absolute Gasteiger partial charge is 0.330 e. The minimum Gasteiger partial charge on any atom is -0.459 e. The van der Waals surface area contributed by atoms with Gasteiger partial charge in [0.15, 0.2) is 0 Å². The molecule has 1 aliphatic rings. The molecule has 0 bridgehead atoms. The topological polar surface area (TPSA) is 107 Å². The molecule has 132 valence electrons. The Labute approximate surface area is 140 Å². The number of Topliss-reactive ketones (excluding diaryl/α,β-unsaturated/α-hetero) is 1. The minimum absolute atomic E-state index is 0.0176. The number of rotatable bonds is 6. The molecule has 2 heterocycles. The number of carbonyl (C=O) groups excluding carboxylic acids is 2. The van der Waals surface area contributed by atoms with E-state index in [4.69, 9.17) is 10.8 Å². The van der Waals surface area contributed by atoms with Gasteiger partial charge in [0.2, 0.25) is 0 Å². The summed E-state index contributed by atoms with van der Waals surface area (Å²) in [6.45, 7) is 3.15. The summed E-state index contributed by atoms with van der Waals surface area (Å²) < 4.78 is 19.7. The molecule has 1 aromatic rings. The fraction of sp³-hybridized carbons (Fsp3) is 0.625. The summed E-state index contributed by atoms with van der Waals surface area (Å²) in [6, 6.07) is 0. The molecular weight excluding hydrogens is 316 g/mol. The minimum atomic E-state index is -0.728. The van der Waals surface area contributed by atoms with Crippen molar-refractivity contribution in [2.24, 2.45) is 0 Å². The molecule has 3 atom stereocenters. The molecule has 1 unspecified atom stereocenters. The lowest BCUT2D eigenvalue weighted by Gasteiger charge is -2.14. The van der Waals surface area contributed by atoms with Crippen LogP contribution in [0.3, 0.4) is 0 Å². The van der Waals surface area contributed by atoms with Gasteiger partial charge in [-0.15, -0.1) is 0 Å². The first-order valence-corrected chi connectivity index (χ1v) is 7.83. The summed E-state index contributed by atoms with van der Waals surface area (Å²) in [4.78, 5) is 48.8. The molecule has 0 amide bonds. The molecule has 1 saturated heterocycles. The molecule has 8 nitrogen and oxygen atoms in total. The number of esters is 1. The van der Waals surface area contributed by atoms with Crippen LogP contribution in [-0.2, 0) is 19.1 Å². The second kappa shape index (κ2) is 7.57. The molecule has 0 saturated carbocycles. The van der Waals surface area contributed by atoms with Gasteiger partial charge in [0.1, 0.15) is 18.1 Å². The molecule has 2 rings (SSSR count). The third kappa shape index (κ3) is 4.19. The fourth-order valence-corrected chi connectivity index (χ4v) is 2.44. The van der Waals surface area contributed by atoms with E-state index < -0.39 is 35.7 Å². The number of ether oxygens (including phenoxy) is 2. The summed E-state index contributed by atoms with van der Waals surface area (Å²) >= 11 is 0. The van der Waals surface area contributed by atoms with E-state index >= 15 is 0 Å². The fourth-order valence-electron chi connectivity index (χ4n) is 2.44. The normalized spacial score (nSPS) is 23.8. The van der Waals surface area contributed by atoms with E-state index in [1.165, 1.54) is 10.8 Å². The van der Waals surface area contributed by atoms with E-state index in [0.29, 0.717) is 12.0 Å². The van der Waals surface area contributed by atoms with Gasteiger partial charge < -0.3 is 9.47 Å². The second-order valence-corrected chi connectivity index (χ2v) is 5.76. The summed E-state index contributed by atoms with van der Waals surface area (Å²) in [7, 11) is 0. The molecule has 0 radical (unpaired) electrons. The van der Waals surface area contributed by atoms with Gasteiger partial charge in [-0.2, -0.15) is 0 Å². The number of H-pyrrole nitrogens is 1. The zero-order valence-corrected chi connectivity index (χ0v) is 13.7. The predicted octanol–water partition coefficient (Wildman–Crippen LogP) is 0.824. The van der Waals surface area contributed by atoms with Crippen LogP contribution in [0.15, 0.2) is 15.8 Å². The van der Waals surface area contributed by atoms with Crippen LogP contribution in [0.4, 0.5) is 0 Å². The van der Waals surface area contributed by atoms with Crippen LogP contribution in [0.5, 0.6) is 0 Å². The van der Waals surface area contributed by atoms with Crippen LogP contribution >= 0.6 is 0 Å². The monoisotopic (exact) mass is 339 g/mol. The number of hydrogen-bond donors (Lipinski definition) is 1. The van der Waals surface area contributed by atoms with Gasteiger partial charge in [0, 0.05) is 32.4 Å². The van der Waals surface area contributed by atoms with Crippen molar-refractivity contribution >= 4 is 11.8 Å².